The number of rotatable bonds is 10. The summed E-state index contributed by atoms with van der Waals surface area (Å²) in [6.45, 7) is 2.18. The molecule has 1 atom stereocenters. The molecule has 2 N–H and O–H groups in total. The fourth-order valence-electron chi connectivity index (χ4n) is 2.90. The van der Waals surface area contributed by atoms with Gasteiger partial charge in [0.1, 0.15) is 24.2 Å². The van der Waals surface area contributed by atoms with Crippen molar-refractivity contribution in [1.29, 1.82) is 0 Å². The standard InChI is InChI=1S/C24H26N2O3/c1-18(27)7-8-19-9-11-24(12-10-19)29-17-23(28)16-26-22-6-2-4-20(14-22)21-5-3-13-25-15-21/h2-6,9-15,23,26,28H,7-8,16-17H2,1H3. The first kappa shape index (κ1) is 20.6. The minimum atomic E-state index is -0.644. The summed E-state index contributed by atoms with van der Waals surface area (Å²) in [7, 11) is 0. The van der Waals surface area contributed by atoms with E-state index in [2.05, 4.69) is 10.3 Å². The fourth-order valence-corrected chi connectivity index (χ4v) is 2.90. The fraction of sp³-hybridized carbons (Fsp3) is 0.250. The first-order valence-electron chi connectivity index (χ1n) is 9.74. The van der Waals surface area contributed by atoms with Crippen molar-refractivity contribution in [3.63, 3.8) is 0 Å². The van der Waals surface area contributed by atoms with Gasteiger partial charge in [-0.05, 0) is 54.8 Å². The van der Waals surface area contributed by atoms with Crippen molar-refractivity contribution >= 4 is 11.5 Å². The summed E-state index contributed by atoms with van der Waals surface area (Å²) in [6.07, 6.45) is 4.22. The number of carbonyl (C=O) groups excluding carboxylic acids is 1. The second-order valence-corrected chi connectivity index (χ2v) is 7.01. The van der Waals surface area contributed by atoms with Gasteiger partial charge >= 0.3 is 0 Å². The van der Waals surface area contributed by atoms with Gasteiger partial charge in [-0.3, -0.25) is 4.98 Å². The number of hydrogen-bond acceptors (Lipinski definition) is 5. The van der Waals surface area contributed by atoms with Gasteiger partial charge in [-0.15, -0.1) is 0 Å². The number of benzene rings is 2. The lowest BCUT2D eigenvalue weighted by molar-refractivity contribution is -0.116. The van der Waals surface area contributed by atoms with Crippen molar-refractivity contribution in [2.45, 2.75) is 25.9 Å². The van der Waals surface area contributed by atoms with E-state index in [0.717, 1.165) is 28.8 Å². The summed E-state index contributed by atoms with van der Waals surface area (Å²) in [5.41, 5.74) is 4.15. The number of nitrogens with zero attached hydrogens (tertiary/aromatic N) is 1. The molecule has 1 unspecified atom stereocenters. The summed E-state index contributed by atoms with van der Waals surface area (Å²) in [4.78, 5) is 15.2. The zero-order chi connectivity index (χ0) is 20.5. The van der Waals surface area contributed by atoms with Crippen LogP contribution in [0, 0.1) is 0 Å². The molecule has 0 aliphatic rings. The number of aromatic nitrogens is 1. The highest BCUT2D eigenvalue weighted by atomic mass is 16.5. The van der Waals surface area contributed by atoms with E-state index in [1.165, 1.54) is 0 Å². The Morgan fingerprint density at radius 1 is 1.10 bits per heavy atom. The van der Waals surface area contributed by atoms with Gasteiger partial charge in [-0.25, -0.2) is 0 Å². The molecule has 29 heavy (non-hydrogen) atoms. The monoisotopic (exact) mass is 390 g/mol. The number of Topliss-reactive ketones (excluding diaryl/α,β-unsaturated/α-hetero) is 1. The summed E-state index contributed by atoms with van der Waals surface area (Å²) in [5.74, 6) is 0.890. The zero-order valence-electron chi connectivity index (χ0n) is 16.5. The van der Waals surface area contributed by atoms with Crippen LogP contribution in [-0.4, -0.2) is 35.1 Å². The number of ether oxygens (including phenoxy) is 1. The molecule has 5 nitrogen and oxygen atoms in total. The Hall–Kier alpha value is -3.18. The van der Waals surface area contributed by atoms with Gasteiger partial charge in [-0.1, -0.05) is 30.3 Å². The molecule has 0 bridgehead atoms. The van der Waals surface area contributed by atoms with Gasteiger partial charge in [0, 0.05) is 36.6 Å². The molecule has 0 radical (unpaired) electrons. The molecule has 3 rings (SSSR count). The molecule has 150 valence electrons. The highest BCUT2D eigenvalue weighted by Crippen LogP contribution is 2.21. The van der Waals surface area contributed by atoms with Gasteiger partial charge in [-0.2, -0.15) is 0 Å². The molecule has 0 saturated heterocycles. The van der Waals surface area contributed by atoms with Crippen LogP contribution < -0.4 is 10.1 Å². The minimum Gasteiger partial charge on any atom is -0.491 e. The van der Waals surface area contributed by atoms with Crippen LogP contribution in [0.1, 0.15) is 18.9 Å². The smallest absolute Gasteiger partial charge is 0.130 e. The Balaban J connectivity index is 1.45. The molecule has 0 fully saturated rings. The van der Waals surface area contributed by atoms with Crippen LogP contribution in [-0.2, 0) is 11.2 Å². The molecule has 5 heteroatoms. The number of aliphatic hydroxyl groups is 1. The molecule has 0 spiro atoms. The molecule has 0 aliphatic carbocycles. The number of hydrogen-bond donors (Lipinski definition) is 2. The Morgan fingerprint density at radius 3 is 2.62 bits per heavy atom. The topological polar surface area (TPSA) is 71.5 Å². The van der Waals surface area contributed by atoms with Crippen LogP contribution in [0.2, 0.25) is 0 Å². The SMILES string of the molecule is CC(=O)CCc1ccc(OCC(O)CNc2cccc(-c3cccnc3)c2)cc1. The van der Waals surface area contributed by atoms with Crippen molar-refractivity contribution < 1.29 is 14.6 Å². The van der Waals surface area contributed by atoms with Gasteiger partial charge in [0.15, 0.2) is 0 Å². The van der Waals surface area contributed by atoms with E-state index < -0.39 is 6.10 Å². The molecule has 0 amide bonds. The summed E-state index contributed by atoms with van der Waals surface area (Å²) < 4.78 is 5.66. The number of carbonyl (C=O) groups is 1. The van der Waals surface area contributed by atoms with E-state index in [4.69, 9.17) is 4.74 Å². The summed E-state index contributed by atoms with van der Waals surface area (Å²) in [6, 6.07) is 19.6. The second-order valence-electron chi connectivity index (χ2n) is 7.01. The Morgan fingerprint density at radius 2 is 1.90 bits per heavy atom. The van der Waals surface area contributed by atoms with Gasteiger partial charge in [0.25, 0.3) is 0 Å². The third-order valence-electron chi connectivity index (χ3n) is 4.53. The molecular formula is C24H26N2O3. The van der Waals surface area contributed by atoms with E-state index in [-0.39, 0.29) is 12.4 Å². The average molecular weight is 390 g/mol. The second kappa shape index (κ2) is 10.4. The van der Waals surface area contributed by atoms with E-state index >= 15 is 0 Å². The van der Waals surface area contributed by atoms with Crippen LogP contribution in [0.5, 0.6) is 5.75 Å². The summed E-state index contributed by atoms with van der Waals surface area (Å²) in [5, 5.41) is 13.5. The van der Waals surface area contributed by atoms with Gasteiger partial charge in [0.2, 0.25) is 0 Å². The van der Waals surface area contributed by atoms with Crippen LogP contribution in [0.15, 0.2) is 73.1 Å². The van der Waals surface area contributed by atoms with Crippen molar-refractivity contribution in [3.8, 4) is 16.9 Å². The minimum absolute atomic E-state index is 0.187. The molecular weight excluding hydrogens is 364 g/mol. The van der Waals surface area contributed by atoms with Crippen molar-refractivity contribution in [2.24, 2.45) is 0 Å². The predicted molar refractivity (Wildman–Crippen MR) is 115 cm³/mol. The lowest BCUT2D eigenvalue weighted by Crippen LogP contribution is -2.26. The van der Waals surface area contributed by atoms with E-state index in [0.29, 0.717) is 18.7 Å². The highest BCUT2D eigenvalue weighted by molar-refractivity contribution is 5.75. The maximum atomic E-state index is 11.1. The number of ketones is 1. The maximum Gasteiger partial charge on any atom is 0.130 e. The lowest BCUT2D eigenvalue weighted by Gasteiger charge is -2.15. The van der Waals surface area contributed by atoms with Crippen molar-refractivity contribution in [3.05, 3.63) is 78.6 Å². The third kappa shape index (κ3) is 6.73. The maximum absolute atomic E-state index is 11.1. The zero-order valence-corrected chi connectivity index (χ0v) is 16.5. The van der Waals surface area contributed by atoms with Crippen LogP contribution in [0.25, 0.3) is 11.1 Å². The van der Waals surface area contributed by atoms with E-state index in [1.54, 1.807) is 13.1 Å². The molecule has 1 heterocycles. The average Bonchev–Trinajstić information content (AvgIpc) is 2.76. The van der Waals surface area contributed by atoms with Gasteiger partial charge < -0.3 is 20.0 Å². The Kier molecular flexibility index (Phi) is 7.36. The van der Waals surface area contributed by atoms with Crippen LogP contribution in [0.4, 0.5) is 5.69 Å². The molecule has 2 aromatic carbocycles. The Labute approximate surface area is 171 Å². The highest BCUT2D eigenvalue weighted by Gasteiger charge is 2.07. The first-order chi connectivity index (χ1) is 14.1. The number of nitrogens with one attached hydrogen (secondary N) is 1. The number of aliphatic hydroxyl groups excluding tert-OH is 1. The third-order valence-corrected chi connectivity index (χ3v) is 4.53. The van der Waals surface area contributed by atoms with Gasteiger partial charge in [0.05, 0.1) is 0 Å². The number of aryl methyl sites for hydroxylation is 1. The lowest BCUT2D eigenvalue weighted by atomic mass is 10.1. The number of anilines is 1. The van der Waals surface area contributed by atoms with Crippen LogP contribution >= 0.6 is 0 Å². The van der Waals surface area contributed by atoms with Crippen LogP contribution in [0.3, 0.4) is 0 Å². The van der Waals surface area contributed by atoms with Crippen molar-refractivity contribution in [2.75, 3.05) is 18.5 Å². The predicted octanol–water partition coefficient (Wildman–Crippen LogP) is 4.12. The van der Waals surface area contributed by atoms with E-state index in [9.17, 15) is 9.90 Å². The number of pyridine rings is 1. The summed E-state index contributed by atoms with van der Waals surface area (Å²) >= 11 is 0. The first-order valence-corrected chi connectivity index (χ1v) is 9.74. The normalized spacial score (nSPS) is 11.7. The Bertz CT molecular complexity index is 911. The quantitative estimate of drug-likeness (QED) is 0.545. The van der Waals surface area contributed by atoms with E-state index in [1.807, 2.05) is 66.9 Å². The molecule has 0 saturated carbocycles. The van der Waals surface area contributed by atoms with Crippen molar-refractivity contribution in [1.82, 2.24) is 4.98 Å². The molecule has 3 aromatic rings. The molecule has 0 aliphatic heterocycles. The molecule has 1 aromatic heterocycles. The largest absolute Gasteiger partial charge is 0.491 e.